The van der Waals surface area contributed by atoms with Crippen LogP contribution in [0.15, 0.2) is 5.16 Å². The maximum atomic E-state index is 10.9. The molecule has 1 heterocycles. The van der Waals surface area contributed by atoms with Gasteiger partial charge in [0.05, 0.1) is 12.3 Å². The van der Waals surface area contributed by atoms with E-state index in [1.807, 2.05) is 0 Å². The molecule has 1 aliphatic carbocycles. The predicted octanol–water partition coefficient (Wildman–Crippen LogP) is 0.713. The zero-order chi connectivity index (χ0) is 10.9. The van der Waals surface area contributed by atoms with Crippen molar-refractivity contribution in [2.75, 3.05) is 6.61 Å². The van der Waals surface area contributed by atoms with Gasteiger partial charge < -0.3 is 9.94 Å². The summed E-state index contributed by atoms with van der Waals surface area (Å²) in [4.78, 5) is 15.9. The van der Waals surface area contributed by atoms with Gasteiger partial charge in [0, 0.05) is 17.8 Å². The van der Waals surface area contributed by atoms with E-state index in [4.69, 9.17) is 9.94 Å². The van der Waals surface area contributed by atoms with Crippen LogP contribution in [-0.2, 0) is 4.84 Å². The largest absolute Gasteiger partial charge is 0.390 e. The Kier molecular flexibility index (Phi) is 2.60. The molecule has 1 fully saturated rings. The van der Waals surface area contributed by atoms with Crippen LogP contribution in [0.4, 0.5) is 0 Å². The highest BCUT2D eigenvalue weighted by Gasteiger charge is 2.54. The summed E-state index contributed by atoms with van der Waals surface area (Å²) >= 11 is 0. The number of nitrogens with zero attached hydrogens (tertiary/aromatic N) is 2. The molecular formula is C9H14N2O4. The highest BCUT2D eigenvalue weighted by molar-refractivity contribution is 5.87. The Morgan fingerprint density at radius 2 is 2.47 bits per heavy atom. The SMILES string of the molecule is O=[N+]([O-])C1CCCCC12CC(CO)=NO2. The van der Waals surface area contributed by atoms with E-state index in [2.05, 4.69) is 5.16 Å². The van der Waals surface area contributed by atoms with Crippen LogP contribution < -0.4 is 0 Å². The Morgan fingerprint density at radius 1 is 1.67 bits per heavy atom. The lowest BCUT2D eigenvalue weighted by molar-refractivity contribution is -0.550. The Balaban J connectivity index is 2.15. The third-order valence-electron chi connectivity index (χ3n) is 3.23. The fraction of sp³-hybridized carbons (Fsp3) is 0.889. The second-order valence-electron chi connectivity index (χ2n) is 4.20. The van der Waals surface area contributed by atoms with Gasteiger partial charge in [-0.3, -0.25) is 10.1 Å². The number of oxime groups is 1. The number of aliphatic hydroxyl groups is 1. The second-order valence-corrected chi connectivity index (χ2v) is 4.20. The molecule has 2 atom stereocenters. The van der Waals surface area contributed by atoms with Crippen molar-refractivity contribution < 1.29 is 14.9 Å². The molecule has 15 heavy (non-hydrogen) atoms. The first-order valence-corrected chi connectivity index (χ1v) is 5.16. The van der Waals surface area contributed by atoms with E-state index in [0.717, 1.165) is 12.8 Å². The molecule has 2 unspecified atom stereocenters. The molecule has 0 bridgehead atoms. The topological polar surface area (TPSA) is 85.0 Å². The van der Waals surface area contributed by atoms with Crippen molar-refractivity contribution >= 4 is 5.71 Å². The quantitative estimate of drug-likeness (QED) is 0.542. The minimum absolute atomic E-state index is 0.174. The van der Waals surface area contributed by atoms with Crippen LogP contribution >= 0.6 is 0 Å². The van der Waals surface area contributed by atoms with Crippen LogP contribution in [0.5, 0.6) is 0 Å². The molecule has 84 valence electrons. The molecule has 0 aromatic heterocycles. The predicted molar refractivity (Wildman–Crippen MR) is 52.2 cm³/mol. The van der Waals surface area contributed by atoms with Gasteiger partial charge in [0.25, 0.3) is 6.04 Å². The fourth-order valence-corrected chi connectivity index (χ4v) is 2.45. The molecule has 0 aromatic rings. The Bertz CT molecular complexity index is 304. The summed E-state index contributed by atoms with van der Waals surface area (Å²) in [6, 6.07) is -0.681. The number of rotatable bonds is 2. The summed E-state index contributed by atoms with van der Waals surface area (Å²) < 4.78 is 0. The van der Waals surface area contributed by atoms with Crippen LogP contribution in [0.25, 0.3) is 0 Å². The third kappa shape index (κ3) is 1.69. The molecule has 2 aliphatic rings. The first kappa shape index (κ1) is 10.4. The average molecular weight is 214 g/mol. The molecule has 0 amide bonds. The molecule has 0 aromatic carbocycles. The van der Waals surface area contributed by atoms with E-state index in [0.29, 0.717) is 25.0 Å². The van der Waals surface area contributed by atoms with E-state index >= 15 is 0 Å². The van der Waals surface area contributed by atoms with Gasteiger partial charge in [-0.15, -0.1) is 0 Å². The maximum absolute atomic E-state index is 10.9. The van der Waals surface area contributed by atoms with E-state index in [1.165, 1.54) is 0 Å². The van der Waals surface area contributed by atoms with Crippen molar-refractivity contribution in [3.8, 4) is 0 Å². The van der Waals surface area contributed by atoms with Gasteiger partial charge in [0.15, 0.2) is 0 Å². The minimum atomic E-state index is -0.778. The molecule has 6 nitrogen and oxygen atoms in total. The van der Waals surface area contributed by atoms with Crippen molar-refractivity contribution in [3.05, 3.63) is 10.1 Å². The summed E-state index contributed by atoms with van der Waals surface area (Å²) in [7, 11) is 0. The molecule has 1 aliphatic heterocycles. The summed E-state index contributed by atoms with van der Waals surface area (Å²) in [5, 5.41) is 23.6. The zero-order valence-electron chi connectivity index (χ0n) is 8.39. The Morgan fingerprint density at radius 3 is 3.07 bits per heavy atom. The highest BCUT2D eigenvalue weighted by Crippen LogP contribution is 2.39. The molecule has 6 heteroatoms. The Labute approximate surface area is 87.1 Å². The molecule has 1 spiro atoms. The zero-order valence-corrected chi connectivity index (χ0v) is 8.39. The van der Waals surface area contributed by atoms with Crippen LogP contribution in [0.3, 0.4) is 0 Å². The molecule has 2 rings (SSSR count). The van der Waals surface area contributed by atoms with Crippen LogP contribution in [0.1, 0.15) is 32.1 Å². The fourth-order valence-electron chi connectivity index (χ4n) is 2.45. The minimum Gasteiger partial charge on any atom is -0.390 e. The van der Waals surface area contributed by atoms with Crippen LogP contribution in [0, 0.1) is 10.1 Å². The van der Waals surface area contributed by atoms with Crippen molar-refractivity contribution in [2.24, 2.45) is 5.16 Å². The van der Waals surface area contributed by atoms with Crippen molar-refractivity contribution in [1.29, 1.82) is 0 Å². The Hall–Kier alpha value is -1.17. The van der Waals surface area contributed by atoms with E-state index in [1.54, 1.807) is 0 Å². The number of nitro groups is 1. The molecule has 1 saturated carbocycles. The molecule has 0 saturated heterocycles. The van der Waals surface area contributed by atoms with Gasteiger partial charge in [-0.2, -0.15) is 0 Å². The van der Waals surface area contributed by atoms with Crippen LogP contribution in [-0.4, -0.2) is 34.0 Å². The summed E-state index contributed by atoms with van der Waals surface area (Å²) in [5.74, 6) is 0. The average Bonchev–Trinajstić information content (AvgIpc) is 2.62. The van der Waals surface area contributed by atoms with E-state index < -0.39 is 11.6 Å². The lowest BCUT2D eigenvalue weighted by Crippen LogP contribution is -2.49. The van der Waals surface area contributed by atoms with Crippen molar-refractivity contribution in [2.45, 2.75) is 43.7 Å². The summed E-state index contributed by atoms with van der Waals surface area (Å²) in [5.41, 5.74) is -0.261. The highest BCUT2D eigenvalue weighted by atomic mass is 16.7. The summed E-state index contributed by atoms with van der Waals surface area (Å²) in [6.45, 7) is -0.174. The summed E-state index contributed by atoms with van der Waals surface area (Å²) in [6.07, 6.45) is 3.39. The molecule has 1 N–H and O–H groups in total. The smallest absolute Gasteiger partial charge is 0.255 e. The number of aliphatic hydroxyl groups excluding tert-OH is 1. The standard InChI is InChI=1S/C9H14N2O4/c12-6-7-5-9(15-10-7)4-2-1-3-8(9)11(13)14/h8,12H,1-6H2. The van der Waals surface area contributed by atoms with Crippen molar-refractivity contribution in [3.63, 3.8) is 0 Å². The second kappa shape index (κ2) is 3.77. The molecular weight excluding hydrogens is 200 g/mol. The molecule has 0 radical (unpaired) electrons. The van der Waals surface area contributed by atoms with Gasteiger partial charge >= 0.3 is 0 Å². The van der Waals surface area contributed by atoms with Gasteiger partial charge in [0.2, 0.25) is 5.60 Å². The lowest BCUT2D eigenvalue weighted by atomic mass is 9.78. The monoisotopic (exact) mass is 214 g/mol. The number of hydrogen-bond acceptors (Lipinski definition) is 5. The van der Waals surface area contributed by atoms with Crippen LogP contribution in [0.2, 0.25) is 0 Å². The lowest BCUT2D eigenvalue weighted by Gasteiger charge is -2.32. The van der Waals surface area contributed by atoms with Gasteiger partial charge in [-0.25, -0.2) is 0 Å². The van der Waals surface area contributed by atoms with Gasteiger partial charge in [-0.05, 0) is 19.3 Å². The van der Waals surface area contributed by atoms with Crippen molar-refractivity contribution in [1.82, 2.24) is 0 Å². The van der Waals surface area contributed by atoms with E-state index in [-0.39, 0.29) is 11.5 Å². The number of hydrogen-bond donors (Lipinski definition) is 1. The third-order valence-corrected chi connectivity index (χ3v) is 3.23. The first-order valence-electron chi connectivity index (χ1n) is 5.16. The first-order chi connectivity index (χ1) is 7.18. The van der Waals surface area contributed by atoms with Gasteiger partial charge in [0.1, 0.15) is 0 Å². The van der Waals surface area contributed by atoms with Gasteiger partial charge in [-0.1, -0.05) is 5.16 Å². The normalized spacial score (nSPS) is 35.0. The maximum Gasteiger partial charge on any atom is 0.255 e. The van der Waals surface area contributed by atoms with E-state index in [9.17, 15) is 10.1 Å².